The minimum Gasteiger partial charge on any atom is -0.455 e. The molecule has 6 heteroatoms. The number of benzene rings is 12. The molecule has 12 aromatic rings. The fourth-order valence-corrected chi connectivity index (χ4v) is 20.0. The Morgan fingerprint density at radius 2 is 0.720 bits per heavy atom. The molecule has 20 rings (SSSR count). The predicted molar refractivity (Wildman–Crippen MR) is 327 cm³/mol. The molecule has 0 bridgehead atoms. The number of rotatable bonds is 2. The third kappa shape index (κ3) is 4.87. The minimum absolute atomic E-state index is 0.547. The van der Waals surface area contributed by atoms with E-state index in [1.165, 1.54) is 89.0 Å². The van der Waals surface area contributed by atoms with Gasteiger partial charge >= 0.3 is 0 Å². The summed E-state index contributed by atoms with van der Waals surface area (Å²) in [5, 5.41) is 1.90. The van der Waals surface area contributed by atoms with Crippen molar-refractivity contribution in [3.05, 3.63) is 286 Å². The van der Waals surface area contributed by atoms with Gasteiger partial charge in [-0.15, -0.1) is 0 Å². The first-order chi connectivity index (χ1) is 40.3. The highest BCUT2D eigenvalue weighted by Gasteiger charge is 2.58. The SMILES string of the molecule is Cc1ccc2c(c1)Oc1cc(-c3ccc4c(c3)C3(c5ccccc5-c5ccccc53)c3ccccc3-4)c3c4c1N2c1ccc(-c2ccc5c(c2)C2(c6ccccc6-c6ccccc62)c2ccccc2-5)c2c1P4(=O)c1c(cc(C)cc1O3)O2. The van der Waals surface area contributed by atoms with Crippen molar-refractivity contribution in [2.75, 3.05) is 4.90 Å². The summed E-state index contributed by atoms with van der Waals surface area (Å²) in [4.78, 5) is 2.27. The van der Waals surface area contributed by atoms with Crippen LogP contribution in [0.25, 0.3) is 66.8 Å². The predicted octanol–water partition coefficient (Wildman–Crippen LogP) is 18.1. The van der Waals surface area contributed by atoms with Crippen molar-refractivity contribution in [2.24, 2.45) is 0 Å². The Labute approximate surface area is 473 Å². The number of ether oxygens (including phenoxy) is 3. The first-order valence-electron chi connectivity index (χ1n) is 28.3. The Bertz CT molecular complexity index is 4980. The topological polar surface area (TPSA) is 48.0 Å². The van der Waals surface area contributed by atoms with Crippen LogP contribution in [0.5, 0.6) is 34.5 Å². The van der Waals surface area contributed by atoms with Gasteiger partial charge in [-0.1, -0.05) is 176 Å². The fraction of sp³-hybridized carbons (Fsp3) is 0.0526. The molecule has 382 valence electrons. The summed E-state index contributed by atoms with van der Waals surface area (Å²) in [7, 11) is -3.89. The maximum Gasteiger partial charge on any atom is 0.190 e. The van der Waals surface area contributed by atoms with Gasteiger partial charge in [-0.3, -0.25) is 0 Å². The zero-order chi connectivity index (χ0) is 53.7. The quantitative estimate of drug-likeness (QED) is 0.162. The highest BCUT2D eigenvalue weighted by molar-refractivity contribution is 7.87. The Morgan fingerprint density at radius 1 is 0.317 bits per heavy atom. The van der Waals surface area contributed by atoms with E-state index in [9.17, 15) is 0 Å². The van der Waals surface area contributed by atoms with E-state index in [2.05, 4.69) is 237 Å². The average Bonchev–Trinajstić information content (AvgIpc) is 2.63. The number of hydrogen-bond acceptors (Lipinski definition) is 5. The van der Waals surface area contributed by atoms with Gasteiger partial charge in [-0.25, -0.2) is 0 Å². The van der Waals surface area contributed by atoms with Gasteiger partial charge in [0.05, 0.1) is 32.8 Å². The standard InChI is InChI=1S/C76H44NO4P/c1-41-27-33-63-65(35-41)79-66-40-54(44-29-31-53-51-20-8-14-26-60(51)76(62(53)39-44)57-23-11-5-17-48(57)49-18-6-12-24-58(49)76)71-74-69(66)77(63)64-34-32-45(70-72(64)82(74,78)73-67(80-70)36-42(2)37-68(73)81-71)43-28-30-52-50-19-7-13-25-59(50)75(61(52)38-43)55-21-9-3-15-46(55)47-16-4-10-22-56(47)75/h3-40H,1-2H3. The maximum atomic E-state index is 18.1. The first-order valence-corrected chi connectivity index (χ1v) is 30.0. The molecule has 0 amide bonds. The largest absolute Gasteiger partial charge is 0.455 e. The lowest BCUT2D eigenvalue weighted by Crippen LogP contribution is -2.43. The lowest BCUT2D eigenvalue weighted by molar-refractivity contribution is 0.456. The molecule has 5 nitrogen and oxygen atoms in total. The monoisotopic (exact) mass is 1070 g/mol. The molecule has 0 N–H and O–H groups in total. The van der Waals surface area contributed by atoms with Crippen molar-refractivity contribution in [3.8, 4) is 101 Å². The first kappa shape index (κ1) is 43.9. The Hall–Kier alpha value is -9.93. The molecule has 12 aromatic carbocycles. The Morgan fingerprint density at radius 3 is 1.21 bits per heavy atom. The van der Waals surface area contributed by atoms with Crippen LogP contribution in [0.3, 0.4) is 0 Å². The van der Waals surface area contributed by atoms with Gasteiger partial charge in [0, 0.05) is 11.1 Å². The van der Waals surface area contributed by atoms with Gasteiger partial charge in [-0.05, 0) is 180 Å². The summed E-state index contributed by atoms with van der Waals surface area (Å²) in [6.07, 6.45) is 0. The van der Waals surface area contributed by atoms with Crippen molar-refractivity contribution in [3.63, 3.8) is 0 Å². The second-order valence-electron chi connectivity index (χ2n) is 23.4. The molecule has 0 saturated heterocycles. The zero-order valence-corrected chi connectivity index (χ0v) is 45.4. The highest BCUT2D eigenvalue weighted by atomic mass is 31.2. The summed E-state index contributed by atoms with van der Waals surface area (Å²) in [6, 6.07) is 84.3. The van der Waals surface area contributed by atoms with E-state index < -0.39 is 18.0 Å². The van der Waals surface area contributed by atoms with Crippen LogP contribution in [0.4, 0.5) is 17.1 Å². The third-order valence-electron chi connectivity index (χ3n) is 19.5. The fourth-order valence-electron chi connectivity index (χ4n) is 16.5. The molecule has 2 spiro atoms. The van der Waals surface area contributed by atoms with Crippen LogP contribution in [0.2, 0.25) is 0 Å². The molecule has 8 aliphatic rings. The van der Waals surface area contributed by atoms with Gasteiger partial charge in [0.2, 0.25) is 0 Å². The number of nitrogens with zero attached hydrogens (tertiary/aromatic N) is 1. The molecule has 4 aliphatic heterocycles. The number of hydrogen-bond donors (Lipinski definition) is 0. The van der Waals surface area contributed by atoms with Crippen molar-refractivity contribution < 1.29 is 18.8 Å². The van der Waals surface area contributed by atoms with Crippen LogP contribution in [-0.4, -0.2) is 0 Å². The molecule has 1 unspecified atom stereocenters. The van der Waals surface area contributed by atoms with E-state index in [0.717, 1.165) is 56.2 Å². The van der Waals surface area contributed by atoms with E-state index in [0.29, 0.717) is 44.7 Å². The van der Waals surface area contributed by atoms with Crippen LogP contribution in [0.15, 0.2) is 231 Å². The van der Waals surface area contributed by atoms with E-state index in [4.69, 9.17) is 14.2 Å². The van der Waals surface area contributed by atoms with Gasteiger partial charge < -0.3 is 23.7 Å². The lowest BCUT2D eigenvalue weighted by Gasteiger charge is -2.46. The van der Waals surface area contributed by atoms with Crippen molar-refractivity contribution in [1.29, 1.82) is 0 Å². The molecule has 4 aliphatic carbocycles. The molecule has 4 heterocycles. The van der Waals surface area contributed by atoms with Gasteiger partial charge in [0.15, 0.2) is 18.6 Å². The second kappa shape index (κ2) is 14.7. The summed E-state index contributed by atoms with van der Waals surface area (Å²) in [6.45, 7) is 4.16. The molecule has 0 saturated carbocycles. The van der Waals surface area contributed by atoms with E-state index in [1.807, 2.05) is 12.1 Å². The van der Waals surface area contributed by atoms with E-state index in [1.54, 1.807) is 0 Å². The van der Waals surface area contributed by atoms with Crippen molar-refractivity contribution >= 4 is 40.1 Å². The molecule has 0 radical (unpaired) electrons. The van der Waals surface area contributed by atoms with Gasteiger partial charge in [0.1, 0.15) is 34.0 Å². The Balaban J connectivity index is 0.857. The van der Waals surface area contributed by atoms with Crippen LogP contribution in [0, 0.1) is 13.8 Å². The summed E-state index contributed by atoms with van der Waals surface area (Å²) in [5.41, 5.74) is 26.9. The van der Waals surface area contributed by atoms with Crippen LogP contribution >= 0.6 is 7.14 Å². The van der Waals surface area contributed by atoms with E-state index in [-0.39, 0.29) is 0 Å². The molecule has 1 atom stereocenters. The number of aryl methyl sites for hydroxylation is 2. The highest BCUT2D eigenvalue weighted by Crippen LogP contribution is 2.71. The smallest absolute Gasteiger partial charge is 0.190 e. The average molecular weight is 1070 g/mol. The molecular weight excluding hydrogens is 1020 g/mol. The third-order valence-corrected chi connectivity index (χ3v) is 22.7. The van der Waals surface area contributed by atoms with Gasteiger partial charge in [0.25, 0.3) is 0 Å². The lowest BCUT2D eigenvalue weighted by atomic mass is 9.70. The molecule has 0 aromatic heterocycles. The van der Waals surface area contributed by atoms with Gasteiger partial charge in [-0.2, -0.15) is 0 Å². The van der Waals surface area contributed by atoms with Crippen LogP contribution in [-0.2, 0) is 15.4 Å². The maximum absolute atomic E-state index is 18.1. The van der Waals surface area contributed by atoms with Crippen LogP contribution < -0.4 is 35.0 Å². The summed E-state index contributed by atoms with van der Waals surface area (Å²) < 4.78 is 40.1. The zero-order valence-electron chi connectivity index (χ0n) is 44.5. The second-order valence-corrected chi connectivity index (χ2v) is 25.9. The molecule has 0 fully saturated rings. The van der Waals surface area contributed by atoms with Crippen molar-refractivity contribution in [2.45, 2.75) is 24.7 Å². The molecular formula is C76H44NO4P. The normalized spacial score (nSPS) is 17.0. The Kier molecular flexibility index (Phi) is 7.87. The summed E-state index contributed by atoms with van der Waals surface area (Å²) in [5.74, 6) is 3.63. The number of anilines is 3. The van der Waals surface area contributed by atoms with E-state index >= 15 is 4.57 Å². The minimum atomic E-state index is -3.89. The summed E-state index contributed by atoms with van der Waals surface area (Å²) >= 11 is 0. The van der Waals surface area contributed by atoms with Crippen molar-refractivity contribution in [1.82, 2.24) is 0 Å². The molecule has 82 heavy (non-hydrogen) atoms. The van der Waals surface area contributed by atoms with Crippen LogP contribution in [0.1, 0.15) is 55.6 Å². The number of fused-ring (bicyclic) bond motifs is 23.